The van der Waals surface area contributed by atoms with Crippen LogP contribution in [0, 0.1) is 0 Å². The summed E-state index contributed by atoms with van der Waals surface area (Å²) in [6.45, 7) is 3.52. The van der Waals surface area contributed by atoms with Crippen LogP contribution >= 0.6 is 0 Å². The van der Waals surface area contributed by atoms with Crippen LogP contribution in [0.4, 0.5) is 5.69 Å². The fourth-order valence-corrected chi connectivity index (χ4v) is 4.73. The van der Waals surface area contributed by atoms with Crippen molar-refractivity contribution in [1.29, 1.82) is 0 Å². The van der Waals surface area contributed by atoms with E-state index in [4.69, 9.17) is 15.2 Å². The molecular formula is C24H29N3O4. The lowest BCUT2D eigenvalue weighted by Crippen LogP contribution is -2.48. The fourth-order valence-electron chi connectivity index (χ4n) is 4.73. The number of primary amides is 1. The van der Waals surface area contributed by atoms with Gasteiger partial charge in [0, 0.05) is 24.8 Å². The molecule has 2 atom stereocenters. The minimum atomic E-state index is -0.318. The number of carbonyl (C=O) groups is 2. The zero-order valence-electron chi connectivity index (χ0n) is 18.3. The van der Waals surface area contributed by atoms with E-state index < -0.39 is 0 Å². The highest BCUT2D eigenvalue weighted by molar-refractivity contribution is 5.87. The molecule has 0 unspecified atom stereocenters. The van der Waals surface area contributed by atoms with Crippen molar-refractivity contribution in [1.82, 2.24) is 4.90 Å². The van der Waals surface area contributed by atoms with Gasteiger partial charge >= 0.3 is 0 Å². The number of hydrogen-bond donors (Lipinski definition) is 1. The van der Waals surface area contributed by atoms with Crippen LogP contribution in [0.5, 0.6) is 11.5 Å². The Kier molecular flexibility index (Phi) is 5.76. The normalized spacial score (nSPS) is 20.0. The van der Waals surface area contributed by atoms with E-state index in [9.17, 15) is 9.59 Å². The molecule has 7 heteroatoms. The molecule has 2 N–H and O–H groups in total. The molecule has 2 aliphatic rings. The molecule has 0 aliphatic carbocycles. The van der Waals surface area contributed by atoms with Crippen molar-refractivity contribution in [3.63, 3.8) is 0 Å². The van der Waals surface area contributed by atoms with E-state index in [1.807, 2.05) is 48.2 Å². The Morgan fingerprint density at radius 2 is 1.77 bits per heavy atom. The number of benzene rings is 2. The standard InChI is InChI=1S/C24H29N3O4/c1-15-10-19(24(25)29)18-6-4-5-7-20(18)27(15)14-23(28)26-9-8-16-11-21(30-2)22(31-3)12-17(16)13-26/h4-7,11-12,15,19H,8-10,13-14H2,1-3H3,(H2,25,29)/t15-,19-/m1/s1. The first-order valence-corrected chi connectivity index (χ1v) is 10.6. The van der Waals surface area contributed by atoms with Crippen LogP contribution in [0.1, 0.15) is 36.0 Å². The summed E-state index contributed by atoms with van der Waals surface area (Å²) in [4.78, 5) is 29.2. The molecule has 2 aliphatic heterocycles. The van der Waals surface area contributed by atoms with Crippen molar-refractivity contribution in [2.45, 2.75) is 38.3 Å². The van der Waals surface area contributed by atoms with E-state index >= 15 is 0 Å². The third-order valence-corrected chi connectivity index (χ3v) is 6.45. The highest BCUT2D eigenvalue weighted by atomic mass is 16.5. The van der Waals surface area contributed by atoms with Crippen LogP contribution in [0.2, 0.25) is 0 Å². The minimum Gasteiger partial charge on any atom is -0.493 e. The van der Waals surface area contributed by atoms with E-state index in [-0.39, 0.29) is 30.3 Å². The van der Waals surface area contributed by atoms with Gasteiger partial charge in [-0.1, -0.05) is 18.2 Å². The van der Waals surface area contributed by atoms with E-state index in [2.05, 4.69) is 4.90 Å². The molecule has 164 valence electrons. The van der Waals surface area contributed by atoms with Gasteiger partial charge in [0.1, 0.15) is 0 Å². The van der Waals surface area contributed by atoms with Gasteiger partial charge in [0.25, 0.3) is 0 Å². The number of fused-ring (bicyclic) bond motifs is 2. The lowest BCUT2D eigenvalue weighted by Gasteiger charge is -2.41. The molecule has 0 spiro atoms. The number of amides is 2. The average Bonchev–Trinajstić information content (AvgIpc) is 2.78. The van der Waals surface area contributed by atoms with Gasteiger partial charge in [0.15, 0.2) is 11.5 Å². The van der Waals surface area contributed by atoms with Crippen LogP contribution in [0.25, 0.3) is 0 Å². The van der Waals surface area contributed by atoms with Gasteiger partial charge in [-0.3, -0.25) is 9.59 Å². The predicted octanol–water partition coefficient (Wildman–Crippen LogP) is 2.46. The number of hydrogen-bond acceptors (Lipinski definition) is 5. The monoisotopic (exact) mass is 423 g/mol. The lowest BCUT2D eigenvalue weighted by molar-refractivity contribution is -0.130. The summed E-state index contributed by atoms with van der Waals surface area (Å²) in [5.74, 6) is 0.819. The van der Waals surface area contributed by atoms with Crippen LogP contribution < -0.4 is 20.1 Å². The van der Waals surface area contributed by atoms with Gasteiger partial charge in [0.05, 0.1) is 26.7 Å². The molecule has 2 heterocycles. The molecule has 31 heavy (non-hydrogen) atoms. The summed E-state index contributed by atoms with van der Waals surface area (Å²) in [5.41, 5.74) is 9.73. The second kappa shape index (κ2) is 8.49. The summed E-state index contributed by atoms with van der Waals surface area (Å²) in [7, 11) is 3.24. The minimum absolute atomic E-state index is 0.0396. The van der Waals surface area contributed by atoms with Crippen molar-refractivity contribution in [3.05, 3.63) is 53.1 Å². The van der Waals surface area contributed by atoms with Gasteiger partial charge in [-0.2, -0.15) is 0 Å². The van der Waals surface area contributed by atoms with Gasteiger partial charge in [0.2, 0.25) is 11.8 Å². The Labute approximate surface area is 182 Å². The molecule has 2 aromatic rings. The second-order valence-corrected chi connectivity index (χ2v) is 8.27. The molecule has 7 nitrogen and oxygen atoms in total. The molecule has 2 aromatic carbocycles. The zero-order chi connectivity index (χ0) is 22.1. The lowest BCUT2D eigenvalue weighted by atomic mass is 9.85. The van der Waals surface area contributed by atoms with Crippen molar-refractivity contribution in [2.24, 2.45) is 5.73 Å². The van der Waals surface area contributed by atoms with E-state index in [1.54, 1.807) is 14.2 Å². The predicted molar refractivity (Wildman–Crippen MR) is 118 cm³/mol. The molecule has 0 fully saturated rings. The van der Waals surface area contributed by atoms with Gasteiger partial charge < -0.3 is 25.0 Å². The smallest absolute Gasteiger partial charge is 0.242 e. The highest BCUT2D eigenvalue weighted by Gasteiger charge is 2.34. The fraction of sp³-hybridized carbons (Fsp3) is 0.417. The first-order valence-electron chi connectivity index (χ1n) is 10.6. The van der Waals surface area contributed by atoms with E-state index in [0.29, 0.717) is 31.0 Å². The van der Waals surface area contributed by atoms with Crippen molar-refractivity contribution in [3.8, 4) is 11.5 Å². The molecule has 2 amide bonds. The first kappa shape index (κ1) is 21.0. The number of para-hydroxylation sites is 1. The highest BCUT2D eigenvalue weighted by Crippen LogP contribution is 2.38. The Hall–Kier alpha value is -3.22. The molecular weight excluding hydrogens is 394 g/mol. The van der Waals surface area contributed by atoms with Crippen LogP contribution in [-0.4, -0.2) is 50.1 Å². The first-order chi connectivity index (χ1) is 14.9. The molecule has 0 radical (unpaired) electrons. The second-order valence-electron chi connectivity index (χ2n) is 8.27. The third-order valence-electron chi connectivity index (χ3n) is 6.45. The number of anilines is 1. The Morgan fingerprint density at radius 3 is 2.45 bits per heavy atom. The quantitative estimate of drug-likeness (QED) is 0.799. The summed E-state index contributed by atoms with van der Waals surface area (Å²) in [5, 5.41) is 0. The molecule has 0 bridgehead atoms. The number of rotatable bonds is 5. The molecule has 0 aromatic heterocycles. The summed E-state index contributed by atoms with van der Waals surface area (Å²) in [6.07, 6.45) is 1.39. The van der Waals surface area contributed by atoms with Gasteiger partial charge in [-0.25, -0.2) is 0 Å². The van der Waals surface area contributed by atoms with Crippen molar-refractivity contribution >= 4 is 17.5 Å². The number of carbonyl (C=O) groups excluding carboxylic acids is 2. The van der Waals surface area contributed by atoms with Gasteiger partial charge in [-0.05, 0) is 54.7 Å². The molecule has 0 saturated carbocycles. The van der Waals surface area contributed by atoms with Crippen LogP contribution in [0.3, 0.4) is 0 Å². The average molecular weight is 424 g/mol. The largest absolute Gasteiger partial charge is 0.493 e. The number of nitrogens with two attached hydrogens (primary N) is 1. The van der Waals surface area contributed by atoms with Crippen molar-refractivity contribution in [2.75, 3.05) is 32.2 Å². The van der Waals surface area contributed by atoms with E-state index in [0.717, 1.165) is 23.2 Å². The topological polar surface area (TPSA) is 85.1 Å². The maximum absolute atomic E-state index is 13.3. The maximum atomic E-state index is 13.3. The third kappa shape index (κ3) is 3.92. The van der Waals surface area contributed by atoms with Crippen LogP contribution in [-0.2, 0) is 22.6 Å². The Bertz CT molecular complexity index is 1010. The zero-order valence-corrected chi connectivity index (χ0v) is 18.3. The number of methoxy groups -OCH3 is 2. The SMILES string of the molecule is COc1cc2c(cc1OC)CN(C(=O)CN1c3ccccc3[C@H](C(N)=O)C[C@H]1C)CC2. The van der Waals surface area contributed by atoms with Gasteiger partial charge in [-0.15, -0.1) is 0 Å². The summed E-state index contributed by atoms with van der Waals surface area (Å²) in [6, 6.07) is 11.8. The van der Waals surface area contributed by atoms with E-state index in [1.165, 1.54) is 5.56 Å². The summed E-state index contributed by atoms with van der Waals surface area (Å²) >= 11 is 0. The maximum Gasteiger partial charge on any atom is 0.242 e. The van der Waals surface area contributed by atoms with Crippen LogP contribution in [0.15, 0.2) is 36.4 Å². The number of nitrogens with zero attached hydrogens (tertiary/aromatic N) is 2. The summed E-state index contributed by atoms with van der Waals surface area (Å²) < 4.78 is 10.8. The number of ether oxygens (including phenoxy) is 2. The molecule has 4 rings (SSSR count). The Balaban J connectivity index is 1.54. The molecule has 0 saturated heterocycles. The van der Waals surface area contributed by atoms with Crippen molar-refractivity contribution < 1.29 is 19.1 Å². The Morgan fingerprint density at radius 1 is 1.10 bits per heavy atom.